The fourth-order valence-electron chi connectivity index (χ4n) is 3.60. The van der Waals surface area contributed by atoms with Gasteiger partial charge in [-0.1, -0.05) is 6.07 Å². The molecule has 0 bridgehead atoms. The number of rotatable bonds is 7. The zero-order valence-electron chi connectivity index (χ0n) is 19.9. The lowest BCUT2D eigenvalue weighted by Crippen LogP contribution is -2.38. The first-order valence-corrected chi connectivity index (χ1v) is 11.2. The molecule has 4 aromatic rings. The highest BCUT2D eigenvalue weighted by molar-refractivity contribution is 6.07. The molecule has 0 atom stereocenters. The van der Waals surface area contributed by atoms with Gasteiger partial charge in [0.1, 0.15) is 11.4 Å². The van der Waals surface area contributed by atoms with Gasteiger partial charge in [-0.15, -0.1) is 0 Å². The van der Waals surface area contributed by atoms with Crippen LogP contribution in [0, 0.1) is 0 Å². The average Bonchev–Trinajstić information content (AvgIpc) is 3.50. The highest BCUT2D eigenvalue weighted by Gasteiger charge is 2.13. The number of hydrogen-bond acceptors (Lipinski definition) is 4. The van der Waals surface area contributed by atoms with Crippen LogP contribution in [-0.4, -0.2) is 60.9 Å². The summed E-state index contributed by atoms with van der Waals surface area (Å²) in [5.74, 6) is 0.0734. The van der Waals surface area contributed by atoms with E-state index in [1.54, 1.807) is 38.4 Å². The normalized spacial score (nSPS) is 12.1. The van der Waals surface area contributed by atoms with Gasteiger partial charge in [0.2, 0.25) is 0 Å². The Bertz CT molecular complexity index is 1480. The van der Waals surface area contributed by atoms with Crippen LogP contribution in [0.5, 0.6) is 0 Å². The highest BCUT2D eigenvalue weighted by atomic mass is 16.2. The van der Waals surface area contributed by atoms with Crippen molar-refractivity contribution in [1.29, 1.82) is 0 Å². The van der Waals surface area contributed by atoms with Crippen molar-refractivity contribution < 1.29 is 9.59 Å². The fraction of sp³-hybridized carbons (Fsp3) is 0.167. The van der Waals surface area contributed by atoms with Crippen LogP contribution in [0.4, 0.5) is 11.4 Å². The van der Waals surface area contributed by atoms with Gasteiger partial charge in [-0.2, -0.15) is 0 Å². The summed E-state index contributed by atoms with van der Waals surface area (Å²) in [7, 11) is 3.18. The number of nitrogens with zero attached hydrogens (tertiary/aromatic N) is 2. The van der Waals surface area contributed by atoms with Crippen LogP contribution in [0.2, 0.25) is 0 Å². The van der Waals surface area contributed by atoms with E-state index in [1.165, 1.54) is 0 Å². The minimum absolute atomic E-state index is 0.246. The van der Waals surface area contributed by atoms with E-state index in [9.17, 15) is 9.59 Å². The molecule has 36 heavy (non-hydrogen) atoms. The molecule has 0 aliphatic carbocycles. The zero-order valence-corrected chi connectivity index (χ0v) is 19.9. The van der Waals surface area contributed by atoms with E-state index in [-0.39, 0.29) is 11.8 Å². The van der Waals surface area contributed by atoms with Gasteiger partial charge in [0.05, 0.1) is 0 Å². The monoisotopic (exact) mass is 488 g/mol. The van der Waals surface area contributed by atoms with Gasteiger partial charge >= 0.3 is 0 Å². The minimum Gasteiger partial charge on any atom is -0.370 e. The van der Waals surface area contributed by atoms with E-state index >= 15 is 0 Å². The van der Waals surface area contributed by atoms with Crippen LogP contribution in [0.25, 0.3) is 21.8 Å². The largest absolute Gasteiger partial charge is 0.370 e. The molecule has 10 N–H and O–H groups in total. The van der Waals surface area contributed by atoms with Crippen molar-refractivity contribution in [3.63, 3.8) is 0 Å². The second-order valence-electron chi connectivity index (χ2n) is 7.95. The number of nitrogens with two attached hydrogens (primary N) is 2. The van der Waals surface area contributed by atoms with Gasteiger partial charge in [0, 0.05) is 60.4 Å². The molecule has 2 aromatic carbocycles. The lowest BCUT2D eigenvalue weighted by molar-refractivity contribution is 0.0949. The third kappa shape index (κ3) is 5.55. The summed E-state index contributed by atoms with van der Waals surface area (Å²) < 4.78 is 0. The third-order valence-electron chi connectivity index (χ3n) is 5.46. The number of aromatic amines is 2. The van der Waals surface area contributed by atoms with E-state index < -0.39 is 0 Å². The maximum Gasteiger partial charge on any atom is 0.272 e. The molecule has 0 radical (unpaired) electrons. The SMILES string of the molecule is CN=C(N)NCCNC(=O)c1cc2ccc(NC(=O)c3cc4cc(NC(N)=NC)ccc4[nH]3)cc2[nH]1. The number of nitrogens with one attached hydrogen (secondary N) is 6. The second kappa shape index (κ2) is 10.5. The van der Waals surface area contributed by atoms with Crippen LogP contribution in [0.15, 0.2) is 58.5 Å². The predicted molar refractivity (Wildman–Crippen MR) is 144 cm³/mol. The first kappa shape index (κ1) is 24.1. The molecule has 12 nitrogen and oxygen atoms in total. The Morgan fingerprint density at radius 3 is 2.14 bits per heavy atom. The number of aromatic nitrogens is 2. The average molecular weight is 489 g/mol. The zero-order chi connectivity index (χ0) is 25.7. The first-order valence-electron chi connectivity index (χ1n) is 11.2. The summed E-state index contributed by atoms with van der Waals surface area (Å²) in [5.41, 5.74) is 15.0. The maximum atomic E-state index is 12.9. The van der Waals surface area contributed by atoms with Crippen molar-refractivity contribution in [2.24, 2.45) is 21.5 Å². The molecule has 0 aliphatic rings. The Hall–Kier alpha value is -5.00. The van der Waals surface area contributed by atoms with Gasteiger partial charge < -0.3 is 42.7 Å². The van der Waals surface area contributed by atoms with E-state index in [1.807, 2.05) is 24.3 Å². The number of carbonyl (C=O) groups excluding carboxylic acids is 2. The molecule has 2 amide bonds. The maximum absolute atomic E-state index is 12.9. The van der Waals surface area contributed by atoms with Crippen molar-refractivity contribution >= 4 is 56.9 Å². The number of hydrogen-bond donors (Lipinski definition) is 8. The summed E-state index contributed by atoms with van der Waals surface area (Å²) in [6.07, 6.45) is 0. The van der Waals surface area contributed by atoms with Crippen LogP contribution in [-0.2, 0) is 0 Å². The smallest absolute Gasteiger partial charge is 0.272 e. The standard InChI is InChI=1S/C24H28N10O2/c1-27-23(25)30-8-7-29-21(35)19-10-13-3-4-16(12-18(13)34-19)31-22(36)20-11-14-9-15(32-24(26)28-2)5-6-17(14)33-20/h3-6,9-12,33-34H,7-8H2,1-2H3,(H,29,35)(H,31,36)(H3,25,27,30)(H3,26,28,32). The Kier molecular flexibility index (Phi) is 7.04. The first-order chi connectivity index (χ1) is 17.4. The second-order valence-corrected chi connectivity index (χ2v) is 7.95. The molecule has 2 aromatic heterocycles. The van der Waals surface area contributed by atoms with Crippen molar-refractivity contribution in [2.75, 3.05) is 37.8 Å². The summed E-state index contributed by atoms with van der Waals surface area (Å²) in [6.45, 7) is 0.839. The van der Waals surface area contributed by atoms with Crippen molar-refractivity contribution in [3.8, 4) is 0 Å². The van der Waals surface area contributed by atoms with Crippen molar-refractivity contribution in [2.45, 2.75) is 0 Å². The fourth-order valence-corrected chi connectivity index (χ4v) is 3.60. The van der Waals surface area contributed by atoms with Gasteiger partial charge in [-0.25, -0.2) is 0 Å². The predicted octanol–water partition coefficient (Wildman–Crippen LogP) is 1.52. The van der Waals surface area contributed by atoms with E-state index in [2.05, 4.69) is 41.2 Å². The highest BCUT2D eigenvalue weighted by Crippen LogP contribution is 2.23. The van der Waals surface area contributed by atoms with Crippen LogP contribution in [0.1, 0.15) is 21.0 Å². The quantitative estimate of drug-likeness (QED) is 0.110. The van der Waals surface area contributed by atoms with Gasteiger partial charge in [0.25, 0.3) is 11.8 Å². The lowest BCUT2D eigenvalue weighted by atomic mass is 10.2. The molecule has 0 aliphatic heterocycles. The number of anilines is 2. The molecule has 2 heterocycles. The van der Waals surface area contributed by atoms with Crippen LogP contribution >= 0.6 is 0 Å². The van der Waals surface area contributed by atoms with Crippen LogP contribution < -0.4 is 32.7 Å². The molecule has 12 heteroatoms. The lowest BCUT2D eigenvalue weighted by Gasteiger charge is -2.05. The van der Waals surface area contributed by atoms with Crippen LogP contribution in [0.3, 0.4) is 0 Å². The van der Waals surface area contributed by atoms with E-state index in [0.29, 0.717) is 42.1 Å². The van der Waals surface area contributed by atoms with Gasteiger partial charge in [-0.05, 0) is 42.5 Å². The topological polar surface area (TPSA) is 191 Å². The number of H-pyrrole nitrogens is 2. The van der Waals surface area contributed by atoms with Gasteiger partial charge in [-0.3, -0.25) is 19.6 Å². The summed E-state index contributed by atoms with van der Waals surface area (Å²) in [6, 6.07) is 14.5. The minimum atomic E-state index is -0.290. The van der Waals surface area contributed by atoms with Gasteiger partial charge in [0.15, 0.2) is 11.9 Å². The number of carbonyl (C=O) groups is 2. The van der Waals surface area contributed by atoms with Crippen molar-refractivity contribution in [3.05, 3.63) is 59.9 Å². The molecule has 0 saturated heterocycles. The Labute approximate surface area is 206 Å². The molecule has 0 unspecified atom stereocenters. The number of aliphatic imine (C=N–C) groups is 2. The molecule has 4 rings (SSSR count). The summed E-state index contributed by atoms with van der Waals surface area (Å²) in [5, 5.41) is 13.2. The Morgan fingerprint density at radius 2 is 1.36 bits per heavy atom. The number of fused-ring (bicyclic) bond motifs is 2. The number of amides is 2. The van der Waals surface area contributed by atoms with E-state index in [4.69, 9.17) is 11.5 Å². The van der Waals surface area contributed by atoms with Crippen molar-refractivity contribution in [1.82, 2.24) is 20.6 Å². The molecule has 0 spiro atoms. The Balaban J connectivity index is 1.42. The summed E-state index contributed by atoms with van der Waals surface area (Å²) in [4.78, 5) is 39.2. The number of benzene rings is 2. The molecular formula is C24H28N10O2. The third-order valence-corrected chi connectivity index (χ3v) is 5.46. The Morgan fingerprint density at radius 1 is 0.722 bits per heavy atom. The number of guanidine groups is 2. The molecule has 0 fully saturated rings. The summed E-state index contributed by atoms with van der Waals surface area (Å²) >= 11 is 0. The molecule has 186 valence electrons. The molecular weight excluding hydrogens is 460 g/mol. The van der Waals surface area contributed by atoms with E-state index in [0.717, 1.165) is 27.5 Å². The molecule has 0 saturated carbocycles.